The van der Waals surface area contributed by atoms with Gasteiger partial charge in [-0.1, -0.05) is 26.7 Å². The Morgan fingerprint density at radius 3 is 2.59 bits per heavy atom. The number of carboxylic acids is 1. The predicted octanol–water partition coefficient (Wildman–Crippen LogP) is 2.82. The molecule has 4 N–H and O–H groups in total. The Kier molecular flexibility index (Phi) is 4.82. The molecule has 0 heterocycles. The molecule has 0 fully saturated rings. The molecule has 0 unspecified atom stereocenters. The van der Waals surface area contributed by atoms with Gasteiger partial charge in [0.2, 0.25) is 0 Å². The van der Waals surface area contributed by atoms with Gasteiger partial charge in [-0.2, -0.15) is 0 Å². The molecule has 0 bridgehead atoms. The average molecular weight is 236 g/mol. The molecule has 94 valence electrons. The Bertz CT molecular complexity index is 387. The van der Waals surface area contributed by atoms with Crippen molar-refractivity contribution in [3.05, 3.63) is 23.8 Å². The number of nitrogens with two attached hydrogens (primary N) is 1. The molecule has 1 rings (SSSR count). The summed E-state index contributed by atoms with van der Waals surface area (Å²) in [6, 6.07) is 4.81. The molecule has 0 spiro atoms. The lowest BCUT2D eigenvalue weighted by molar-refractivity contribution is 0.0698. The highest BCUT2D eigenvalue weighted by Crippen LogP contribution is 2.20. The highest BCUT2D eigenvalue weighted by atomic mass is 16.4. The highest BCUT2D eigenvalue weighted by Gasteiger charge is 2.11. The molecule has 4 heteroatoms. The van der Waals surface area contributed by atoms with Crippen LogP contribution in [0.1, 0.15) is 37.0 Å². The van der Waals surface area contributed by atoms with Gasteiger partial charge in [0.15, 0.2) is 0 Å². The number of hydrogen-bond donors (Lipinski definition) is 3. The van der Waals surface area contributed by atoms with Gasteiger partial charge in [0, 0.05) is 12.2 Å². The number of aromatic carboxylic acids is 1. The van der Waals surface area contributed by atoms with Gasteiger partial charge >= 0.3 is 5.97 Å². The Labute approximate surface area is 102 Å². The predicted molar refractivity (Wildman–Crippen MR) is 70.4 cm³/mol. The second-order valence-electron chi connectivity index (χ2n) is 4.17. The zero-order valence-corrected chi connectivity index (χ0v) is 10.4. The van der Waals surface area contributed by atoms with Gasteiger partial charge in [-0.05, 0) is 24.1 Å². The zero-order chi connectivity index (χ0) is 12.8. The van der Waals surface area contributed by atoms with E-state index in [2.05, 4.69) is 19.2 Å². The van der Waals surface area contributed by atoms with E-state index in [0.717, 1.165) is 19.4 Å². The molecule has 0 aliphatic rings. The van der Waals surface area contributed by atoms with Crippen molar-refractivity contribution in [3.8, 4) is 0 Å². The van der Waals surface area contributed by atoms with E-state index in [-0.39, 0.29) is 5.56 Å². The summed E-state index contributed by atoms with van der Waals surface area (Å²) >= 11 is 0. The van der Waals surface area contributed by atoms with Crippen LogP contribution in [-0.4, -0.2) is 17.6 Å². The van der Waals surface area contributed by atoms with Crippen LogP contribution in [0.25, 0.3) is 0 Å². The summed E-state index contributed by atoms with van der Waals surface area (Å²) in [6.45, 7) is 5.04. The van der Waals surface area contributed by atoms with E-state index in [0.29, 0.717) is 17.3 Å². The van der Waals surface area contributed by atoms with Crippen molar-refractivity contribution in [2.75, 3.05) is 17.6 Å². The van der Waals surface area contributed by atoms with Crippen LogP contribution < -0.4 is 11.1 Å². The van der Waals surface area contributed by atoms with Gasteiger partial charge in [-0.15, -0.1) is 0 Å². The van der Waals surface area contributed by atoms with Crippen molar-refractivity contribution in [2.24, 2.45) is 5.92 Å². The summed E-state index contributed by atoms with van der Waals surface area (Å²) in [5.74, 6) is -0.380. The van der Waals surface area contributed by atoms with Gasteiger partial charge in [0.1, 0.15) is 0 Å². The Balaban J connectivity index is 2.81. The molecule has 1 aromatic rings. The SMILES string of the molecule is CCC(CC)CNc1cc(N)ccc1C(=O)O. The number of hydrogen-bond acceptors (Lipinski definition) is 3. The summed E-state index contributed by atoms with van der Waals surface area (Å²) in [5, 5.41) is 12.2. The first kappa shape index (κ1) is 13.4. The first-order valence-electron chi connectivity index (χ1n) is 5.95. The van der Waals surface area contributed by atoms with Gasteiger partial charge in [0.05, 0.1) is 11.3 Å². The lowest BCUT2D eigenvalue weighted by Gasteiger charge is -2.16. The first-order valence-corrected chi connectivity index (χ1v) is 5.95. The largest absolute Gasteiger partial charge is 0.478 e. The summed E-state index contributed by atoms with van der Waals surface area (Å²) in [6.07, 6.45) is 2.16. The maximum Gasteiger partial charge on any atom is 0.337 e. The molecule has 0 saturated carbocycles. The molecular formula is C13H20N2O2. The van der Waals surface area contributed by atoms with Crippen LogP contribution in [0.4, 0.5) is 11.4 Å². The molecular weight excluding hydrogens is 216 g/mol. The van der Waals surface area contributed by atoms with E-state index in [1.54, 1.807) is 12.1 Å². The summed E-state index contributed by atoms with van der Waals surface area (Å²) in [5.41, 5.74) is 7.11. The molecule has 0 atom stereocenters. The van der Waals surface area contributed by atoms with Gasteiger partial charge in [0.25, 0.3) is 0 Å². The highest BCUT2D eigenvalue weighted by molar-refractivity contribution is 5.95. The van der Waals surface area contributed by atoms with Crippen molar-refractivity contribution in [1.29, 1.82) is 0 Å². The topological polar surface area (TPSA) is 75.3 Å². The van der Waals surface area contributed by atoms with E-state index in [9.17, 15) is 4.79 Å². The third kappa shape index (κ3) is 3.66. The molecule has 0 amide bonds. The summed E-state index contributed by atoms with van der Waals surface area (Å²) in [7, 11) is 0. The first-order chi connectivity index (χ1) is 8.08. The normalized spacial score (nSPS) is 10.5. The molecule has 0 radical (unpaired) electrons. The quantitative estimate of drug-likeness (QED) is 0.664. The maximum atomic E-state index is 11.0. The Morgan fingerprint density at radius 1 is 1.41 bits per heavy atom. The number of carboxylic acid groups (broad SMARTS) is 1. The fourth-order valence-electron chi connectivity index (χ4n) is 1.73. The average Bonchev–Trinajstić information content (AvgIpc) is 2.30. The van der Waals surface area contributed by atoms with Crippen molar-refractivity contribution < 1.29 is 9.90 Å². The second kappa shape index (κ2) is 6.13. The van der Waals surface area contributed by atoms with Gasteiger partial charge in [-0.25, -0.2) is 4.79 Å². The Hall–Kier alpha value is -1.71. The summed E-state index contributed by atoms with van der Waals surface area (Å²) < 4.78 is 0. The van der Waals surface area contributed by atoms with Crippen LogP contribution >= 0.6 is 0 Å². The van der Waals surface area contributed by atoms with Crippen molar-refractivity contribution in [1.82, 2.24) is 0 Å². The van der Waals surface area contributed by atoms with Gasteiger partial charge in [-0.3, -0.25) is 0 Å². The lowest BCUT2D eigenvalue weighted by Crippen LogP contribution is -2.15. The van der Waals surface area contributed by atoms with Crippen molar-refractivity contribution in [2.45, 2.75) is 26.7 Å². The van der Waals surface area contributed by atoms with Crippen LogP contribution in [-0.2, 0) is 0 Å². The van der Waals surface area contributed by atoms with Crippen LogP contribution in [0.2, 0.25) is 0 Å². The third-order valence-electron chi connectivity index (χ3n) is 3.01. The van der Waals surface area contributed by atoms with E-state index in [1.807, 2.05) is 0 Å². The monoisotopic (exact) mass is 236 g/mol. The summed E-state index contributed by atoms with van der Waals surface area (Å²) in [4.78, 5) is 11.0. The molecule has 0 aliphatic heterocycles. The second-order valence-corrected chi connectivity index (χ2v) is 4.17. The molecule has 4 nitrogen and oxygen atoms in total. The van der Waals surface area contributed by atoms with Crippen molar-refractivity contribution >= 4 is 17.3 Å². The van der Waals surface area contributed by atoms with Crippen LogP contribution in [0, 0.1) is 5.92 Å². The fourth-order valence-corrected chi connectivity index (χ4v) is 1.73. The minimum atomic E-state index is -0.933. The van der Waals surface area contributed by atoms with E-state index in [4.69, 9.17) is 10.8 Å². The number of nitrogen functional groups attached to an aromatic ring is 1. The van der Waals surface area contributed by atoms with E-state index in [1.165, 1.54) is 6.07 Å². The molecule has 17 heavy (non-hydrogen) atoms. The molecule has 0 aliphatic carbocycles. The maximum absolute atomic E-state index is 11.0. The van der Waals surface area contributed by atoms with Crippen LogP contribution in [0.3, 0.4) is 0 Å². The molecule has 0 saturated heterocycles. The minimum Gasteiger partial charge on any atom is -0.478 e. The Morgan fingerprint density at radius 2 is 2.06 bits per heavy atom. The number of benzene rings is 1. The van der Waals surface area contributed by atoms with Crippen molar-refractivity contribution in [3.63, 3.8) is 0 Å². The van der Waals surface area contributed by atoms with E-state index >= 15 is 0 Å². The standard InChI is InChI=1S/C13H20N2O2/c1-3-9(4-2)8-15-12-7-10(14)5-6-11(12)13(16)17/h5-7,9,15H,3-4,8,14H2,1-2H3,(H,16,17). The van der Waals surface area contributed by atoms with Crippen LogP contribution in [0.15, 0.2) is 18.2 Å². The molecule has 0 aromatic heterocycles. The number of rotatable bonds is 6. The third-order valence-corrected chi connectivity index (χ3v) is 3.01. The fraction of sp³-hybridized carbons (Fsp3) is 0.462. The zero-order valence-electron chi connectivity index (χ0n) is 10.4. The number of anilines is 2. The smallest absolute Gasteiger partial charge is 0.337 e. The van der Waals surface area contributed by atoms with E-state index < -0.39 is 5.97 Å². The van der Waals surface area contributed by atoms with Crippen LogP contribution in [0.5, 0.6) is 0 Å². The number of carbonyl (C=O) groups is 1. The molecule has 1 aromatic carbocycles. The lowest BCUT2D eigenvalue weighted by atomic mass is 10.0. The minimum absolute atomic E-state index is 0.269. The van der Waals surface area contributed by atoms with Gasteiger partial charge < -0.3 is 16.2 Å². The number of nitrogens with one attached hydrogen (secondary N) is 1.